The summed E-state index contributed by atoms with van der Waals surface area (Å²) in [6.07, 6.45) is 1.56. The van der Waals surface area contributed by atoms with Gasteiger partial charge in [0.1, 0.15) is 23.6 Å². The topological polar surface area (TPSA) is 96.3 Å². The molecule has 234 valence electrons. The van der Waals surface area contributed by atoms with Gasteiger partial charge in [0.25, 0.3) is 5.91 Å². The Morgan fingerprint density at radius 2 is 1.65 bits per heavy atom. The molecule has 3 atom stereocenters. The Kier molecular flexibility index (Phi) is 8.85. The van der Waals surface area contributed by atoms with Crippen LogP contribution in [0.3, 0.4) is 0 Å². The van der Waals surface area contributed by atoms with E-state index in [9.17, 15) is 27.6 Å². The SMILES string of the molecule is CC(C(=O)N1CCCCC1C(F)(F)F)c1ccc(NC(=O)C(NC(=O)c2ccnn2C(C)C)C(C2CC2)C2CC2)c(F)c1. The molecule has 0 spiro atoms. The summed E-state index contributed by atoms with van der Waals surface area (Å²) in [7, 11) is 0. The van der Waals surface area contributed by atoms with Gasteiger partial charge in [-0.1, -0.05) is 6.07 Å². The second kappa shape index (κ2) is 12.3. The Morgan fingerprint density at radius 3 is 2.23 bits per heavy atom. The van der Waals surface area contributed by atoms with Gasteiger partial charge in [-0.15, -0.1) is 0 Å². The van der Waals surface area contributed by atoms with Crippen molar-refractivity contribution in [2.24, 2.45) is 17.8 Å². The lowest BCUT2D eigenvalue weighted by Crippen LogP contribution is -2.52. The maximum atomic E-state index is 15.4. The van der Waals surface area contributed by atoms with Crippen molar-refractivity contribution in [3.63, 3.8) is 0 Å². The van der Waals surface area contributed by atoms with Gasteiger partial charge in [-0.2, -0.15) is 18.3 Å². The Morgan fingerprint density at radius 1 is 0.977 bits per heavy atom. The minimum Gasteiger partial charge on any atom is -0.339 e. The number of aromatic nitrogens is 2. The van der Waals surface area contributed by atoms with Crippen LogP contribution in [0.25, 0.3) is 0 Å². The van der Waals surface area contributed by atoms with Gasteiger partial charge in [-0.25, -0.2) is 4.39 Å². The largest absolute Gasteiger partial charge is 0.408 e. The molecule has 8 nitrogen and oxygen atoms in total. The van der Waals surface area contributed by atoms with Crippen LogP contribution in [0.5, 0.6) is 0 Å². The molecule has 2 aromatic rings. The van der Waals surface area contributed by atoms with Gasteiger partial charge in [0.05, 0.1) is 11.6 Å². The third-order valence-electron chi connectivity index (χ3n) is 8.96. The van der Waals surface area contributed by atoms with Gasteiger partial charge in [0.15, 0.2) is 0 Å². The zero-order valence-corrected chi connectivity index (χ0v) is 24.7. The number of benzene rings is 1. The number of piperidine rings is 1. The Hall–Kier alpha value is -3.44. The van der Waals surface area contributed by atoms with Gasteiger partial charge in [-0.3, -0.25) is 19.1 Å². The highest BCUT2D eigenvalue weighted by atomic mass is 19.4. The number of rotatable bonds is 10. The van der Waals surface area contributed by atoms with Crippen LogP contribution in [0.4, 0.5) is 23.2 Å². The molecule has 3 aliphatic rings. The van der Waals surface area contributed by atoms with Crippen molar-refractivity contribution in [3.8, 4) is 0 Å². The van der Waals surface area contributed by atoms with E-state index in [-0.39, 0.29) is 36.2 Å². The van der Waals surface area contributed by atoms with Crippen molar-refractivity contribution >= 4 is 23.4 Å². The molecule has 1 aromatic heterocycles. The first-order valence-electron chi connectivity index (χ1n) is 15.2. The minimum atomic E-state index is -4.53. The minimum absolute atomic E-state index is 0.00179. The quantitative estimate of drug-likeness (QED) is 0.334. The summed E-state index contributed by atoms with van der Waals surface area (Å²) in [6.45, 7) is 5.25. The molecule has 1 aromatic carbocycles. The van der Waals surface area contributed by atoms with Crippen LogP contribution in [0.1, 0.15) is 93.7 Å². The summed E-state index contributed by atoms with van der Waals surface area (Å²) in [5, 5.41) is 9.76. The number of nitrogens with one attached hydrogen (secondary N) is 2. The van der Waals surface area contributed by atoms with Crippen LogP contribution in [0, 0.1) is 23.6 Å². The molecular weight excluding hydrogens is 566 g/mol. The van der Waals surface area contributed by atoms with Gasteiger partial charge < -0.3 is 15.5 Å². The number of amides is 3. The van der Waals surface area contributed by atoms with Crippen LogP contribution in [0.15, 0.2) is 30.5 Å². The van der Waals surface area contributed by atoms with E-state index in [1.54, 1.807) is 10.7 Å². The van der Waals surface area contributed by atoms with Crippen LogP contribution in [0.2, 0.25) is 0 Å². The zero-order chi connectivity index (χ0) is 31.1. The molecule has 2 N–H and O–H groups in total. The first-order chi connectivity index (χ1) is 20.4. The summed E-state index contributed by atoms with van der Waals surface area (Å²) in [5.74, 6) is -2.98. The molecule has 12 heteroatoms. The van der Waals surface area contributed by atoms with Crippen molar-refractivity contribution in [2.75, 3.05) is 11.9 Å². The maximum absolute atomic E-state index is 15.4. The van der Waals surface area contributed by atoms with E-state index in [4.69, 9.17) is 0 Å². The lowest BCUT2D eigenvalue weighted by Gasteiger charge is -2.38. The highest BCUT2D eigenvalue weighted by molar-refractivity contribution is 6.01. The third-order valence-corrected chi connectivity index (χ3v) is 8.96. The van der Waals surface area contributed by atoms with Crippen LogP contribution < -0.4 is 10.6 Å². The molecule has 5 rings (SSSR count). The predicted molar refractivity (Wildman–Crippen MR) is 152 cm³/mol. The number of hydrogen-bond acceptors (Lipinski definition) is 4. The van der Waals surface area contributed by atoms with E-state index < -0.39 is 47.7 Å². The van der Waals surface area contributed by atoms with E-state index in [1.807, 2.05) is 13.8 Å². The first kappa shape index (κ1) is 31.0. The molecule has 2 heterocycles. The fourth-order valence-electron chi connectivity index (χ4n) is 6.39. The normalized spacial score (nSPS) is 20.7. The smallest absolute Gasteiger partial charge is 0.339 e. The standard InChI is InChI=1S/C31H39F4N5O3/c1-17(2)40-24(13-14-36-40)28(41)38-27(26(19-7-8-19)20-9-10-20)29(42)37-23-12-11-21(16-22(23)32)18(3)30(43)39-15-5-4-6-25(39)31(33,34)35/h11-14,16-20,25-27H,4-10,15H2,1-3H3,(H,37,42)(H,38,41). The van der Waals surface area contributed by atoms with Gasteiger partial charge in [-0.05, 0) is 107 Å². The molecule has 1 aliphatic heterocycles. The van der Waals surface area contributed by atoms with Crippen molar-refractivity contribution < 1.29 is 31.9 Å². The molecule has 3 amide bonds. The Labute approximate surface area is 248 Å². The molecule has 3 fully saturated rings. The molecular formula is C31H39F4N5O3. The maximum Gasteiger partial charge on any atom is 0.408 e. The number of carbonyl (C=O) groups excluding carboxylic acids is 3. The Balaban J connectivity index is 1.33. The monoisotopic (exact) mass is 605 g/mol. The molecule has 2 saturated carbocycles. The highest BCUT2D eigenvalue weighted by Crippen LogP contribution is 2.51. The summed E-state index contributed by atoms with van der Waals surface area (Å²) in [5.41, 5.74) is 0.415. The molecule has 2 aliphatic carbocycles. The predicted octanol–water partition coefficient (Wildman–Crippen LogP) is 5.82. The molecule has 1 saturated heterocycles. The average Bonchev–Trinajstić information content (AvgIpc) is 3.91. The fourth-order valence-corrected chi connectivity index (χ4v) is 6.39. The Bertz CT molecular complexity index is 1340. The number of nitrogens with zero attached hydrogens (tertiary/aromatic N) is 3. The number of likely N-dealkylation sites (tertiary alicyclic amines) is 1. The third kappa shape index (κ3) is 6.88. The van der Waals surface area contributed by atoms with Crippen molar-refractivity contribution in [2.45, 2.75) is 95.9 Å². The lowest BCUT2D eigenvalue weighted by atomic mass is 9.88. The van der Waals surface area contributed by atoms with Crippen molar-refractivity contribution in [3.05, 3.63) is 47.5 Å². The summed E-state index contributed by atoms with van der Waals surface area (Å²) < 4.78 is 57.7. The van der Waals surface area contributed by atoms with E-state index in [0.29, 0.717) is 30.4 Å². The van der Waals surface area contributed by atoms with Crippen LogP contribution >= 0.6 is 0 Å². The van der Waals surface area contributed by atoms with E-state index >= 15 is 4.39 Å². The second-order valence-electron chi connectivity index (χ2n) is 12.5. The van der Waals surface area contributed by atoms with Gasteiger partial charge in [0.2, 0.25) is 11.8 Å². The van der Waals surface area contributed by atoms with Gasteiger partial charge in [0, 0.05) is 18.8 Å². The van der Waals surface area contributed by atoms with Gasteiger partial charge >= 0.3 is 6.18 Å². The number of anilines is 1. The number of carbonyl (C=O) groups is 3. The number of halogens is 4. The second-order valence-corrected chi connectivity index (χ2v) is 12.5. The molecule has 43 heavy (non-hydrogen) atoms. The highest BCUT2D eigenvalue weighted by Gasteiger charge is 2.49. The summed E-state index contributed by atoms with van der Waals surface area (Å²) >= 11 is 0. The molecule has 0 radical (unpaired) electrons. The van der Waals surface area contributed by atoms with E-state index in [0.717, 1.165) is 36.6 Å². The lowest BCUT2D eigenvalue weighted by molar-refractivity contribution is -0.196. The van der Waals surface area contributed by atoms with Crippen molar-refractivity contribution in [1.29, 1.82) is 0 Å². The number of hydrogen-bond donors (Lipinski definition) is 2. The summed E-state index contributed by atoms with van der Waals surface area (Å²) in [6, 6.07) is 2.63. The fraction of sp³-hybridized carbons (Fsp3) is 0.613. The van der Waals surface area contributed by atoms with E-state index in [2.05, 4.69) is 15.7 Å². The van der Waals surface area contributed by atoms with E-state index in [1.165, 1.54) is 25.3 Å². The van der Waals surface area contributed by atoms with Crippen LogP contribution in [-0.2, 0) is 9.59 Å². The van der Waals surface area contributed by atoms with Crippen molar-refractivity contribution in [1.82, 2.24) is 20.0 Å². The first-order valence-corrected chi connectivity index (χ1v) is 15.2. The molecule has 3 unspecified atom stereocenters. The average molecular weight is 606 g/mol. The zero-order valence-electron chi connectivity index (χ0n) is 24.7. The summed E-state index contributed by atoms with van der Waals surface area (Å²) in [4.78, 5) is 40.9. The number of alkyl halides is 3. The molecule has 0 bridgehead atoms. The van der Waals surface area contributed by atoms with Crippen LogP contribution in [-0.4, -0.2) is 57.2 Å².